The summed E-state index contributed by atoms with van der Waals surface area (Å²) in [5, 5.41) is 23.0. The molecule has 1 N–H and O–H groups in total. The standard InChI is InChI=1S/C22H26N6O2/c1-16-7-9-18(10-8-16)22(30)11-12-27(15-22)21(29)17-5-4-6-19(13-17)28-20(14-26(2)3)23-24-25-28/h4-10,13,30H,11-12,14-15H2,1-3H3/t22-/m1/s1. The van der Waals surface area contributed by atoms with Crippen LogP contribution in [0.1, 0.15) is 33.7 Å². The van der Waals surface area contributed by atoms with Gasteiger partial charge in [0.2, 0.25) is 0 Å². The molecule has 8 nitrogen and oxygen atoms in total. The summed E-state index contributed by atoms with van der Waals surface area (Å²) in [6.07, 6.45) is 0.515. The lowest BCUT2D eigenvalue weighted by atomic mass is 9.92. The van der Waals surface area contributed by atoms with Crippen molar-refractivity contribution in [1.82, 2.24) is 30.0 Å². The Hall–Kier alpha value is -3.10. The summed E-state index contributed by atoms with van der Waals surface area (Å²) in [4.78, 5) is 16.8. The fraction of sp³-hybridized carbons (Fsp3) is 0.364. The van der Waals surface area contributed by atoms with Crippen molar-refractivity contribution < 1.29 is 9.90 Å². The number of carbonyl (C=O) groups excluding carboxylic acids is 1. The van der Waals surface area contributed by atoms with E-state index in [0.29, 0.717) is 30.9 Å². The van der Waals surface area contributed by atoms with Gasteiger partial charge in [-0.15, -0.1) is 5.10 Å². The molecular formula is C22H26N6O2. The zero-order chi connectivity index (χ0) is 21.3. The Kier molecular flexibility index (Phi) is 5.36. The molecule has 1 aliphatic rings. The molecule has 0 radical (unpaired) electrons. The average molecular weight is 406 g/mol. The number of nitrogens with zero attached hydrogens (tertiary/aromatic N) is 6. The fourth-order valence-electron chi connectivity index (χ4n) is 3.81. The van der Waals surface area contributed by atoms with Crippen LogP contribution in [0, 0.1) is 6.92 Å². The number of β-amino-alcohol motifs (C(OH)–C–C–N with tert-alkyl or cyclic N) is 1. The van der Waals surface area contributed by atoms with Crippen molar-refractivity contribution in [3.8, 4) is 5.69 Å². The largest absolute Gasteiger partial charge is 0.383 e. The first-order valence-electron chi connectivity index (χ1n) is 9.97. The highest BCUT2D eigenvalue weighted by molar-refractivity contribution is 5.95. The first-order valence-corrected chi connectivity index (χ1v) is 9.97. The van der Waals surface area contributed by atoms with Gasteiger partial charge in [0.25, 0.3) is 5.91 Å². The van der Waals surface area contributed by atoms with E-state index < -0.39 is 5.60 Å². The third-order valence-corrected chi connectivity index (χ3v) is 5.45. The maximum atomic E-state index is 13.2. The number of aliphatic hydroxyl groups is 1. The molecule has 0 bridgehead atoms. The Balaban J connectivity index is 1.54. The molecule has 4 rings (SSSR count). The summed E-state index contributed by atoms with van der Waals surface area (Å²) < 4.78 is 1.64. The van der Waals surface area contributed by atoms with E-state index >= 15 is 0 Å². The van der Waals surface area contributed by atoms with Crippen molar-refractivity contribution in [3.05, 3.63) is 71.0 Å². The maximum absolute atomic E-state index is 13.2. The van der Waals surface area contributed by atoms with Crippen LogP contribution in [-0.4, -0.2) is 68.2 Å². The van der Waals surface area contributed by atoms with Gasteiger partial charge >= 0.3 is 0 Å². The Labute approximate surface area is 175 Å². The van der Waals surface area contributed by atoms with Crippen LogP contribution in [-0.2, 0) is 12.1 Å². The molecule has 1 fully saturated rings. The fourth-order valence-corrected chi connectivity index (χ4v) is 3.81. The number of carbonyl (C=O) groups is 1. The van der Waals surface area contributed by atoms with Crippen LogP contribution in [0.4, 0.5) is 0 Å². The van der Waals surface area contributed by atoms with E-state index in [9.17, 15) is 9.90 Å². The van der Waals surface area contributed by atoms with Gasteiger partial charge in [0.05, 0.1) is 18.8 Å². The van der Waals surface area contributed by atoms with E-state index in [2.05, 4.69) is 15.5 Å². The smallest absolute Gasteiger partial charge is 0.254 e. The number of aryl methyl sites for hydroxylation is 1. The van der Waals surface area contributed by atoms with Crippen molar-refractivity contribution in [1.29, 1.82) is 0 Å². The monoisotopic (exact) mass is 406 g/mol. The Bertz CT molecular complexity index is 1050. The highest BCUT2D eigenvalue weighted by atomic mass is 16.3. The molecule has 30 heavy (non-hydrogen) atoms. The lowest BCUT2D eigenvalue weighted by Gasteiger charge is -2.24. The average Bonchev–Trinajstić information content (AvgIpc) is 3.35. The van der Waals surface area contributed by atoms with Gasteiger partial charge in [-0.25, -0.2) is 0 Å². The quantitative estimate of drug-likeness (QED) is 0.695. The van der Waals surface area contributed by atoms with Gasteiger partial charge in [0.1, 0.15) is 5.60 Å². The second-order valence-electron chi connectivity index (χ2n) is 8.17. The summed E-state index contributed by atoms with van der Waals surface area (Å²) >= 11 is 0. The molecule has 0 unspecified atom stereocenters. The van der Waals surface area contributed by atoms with Crippen molar-refractivity contribution in [2.45, 2.75) is 25.5 Å². The number of likely N-dealkylation sites (tertiary alicyclic amines) is 1. The normalized spacial score (nSPS) is 18.9. The maximum Gasteiger partial charge on any atom is 0.254 e. The number of benzene rings is 2. The van der Waals surface area contributed by atoms with Crippen LogP contribution in [0.3, 0.4) is 0 Å². The van der Waals surface area contributed by atoms with E-state index in [0.717, 1.165) is 16.8 Å². The van der Waals surface area contributed by atoms with Gasteiger partial charge in [0.15, 0.2) is 5.82 Å². The minimum absolute atomic E-state index is 0.109. The van der Waals surface area contributed by atoms with E-state index in [1.54, 1.807) is 21.7 Å². The molecule has 0 saturated carbocycles. The number of amides is 1. The summed E-state index contributed by atoms with van der Waals surface area (Å²) in [6.45, 7) is 3.38. The topological polar surface area (TPSA) is 87.4 Å². The van der Waals surface area contributed by atoms with Crippen LogP contribution < -0.4 is 0 Å². The first-order chi connectivity index (χ1) is 14.4. The Morgan fingerprint density at radius 1 is 1.20 bits per heavy atom. The molecule has 156 valence electrons. The first kappa shape index (κ1) is 20.2. The van der Waals surface area contributed by atoms with E-state index in [-0.39, 0.29) is 12.5 Å². The molecule has 2 heterocycles. The number of tetrazole rings is 1. The van der Waals surface area contributed by atoms with Crippen molar-refractivity contribution >= 4 is 5.91 Å². The van der Waals surface area contributed by atoms with Crippen LogP contribution in [0.5, 0.6) is 0 Å². The minimum atomic E-state index is -1.02. The van der Waals surface area contributed by atoms with Gasteiger partial charge in [-0.05, 0) is 61.6 Å². The molecule has 0 aliphatic carbocycles. The molecular weight excluding hydrogens is 380 g/mol. The second kappa shape index (κ2) is 7.97. The predicted octanol–water partition coefficient (Wildman–Crippen LogP) is 1.77. The lowest BCUT2D eigenvalue weighted by Crippen LogP contribution is -2.34. The van der Waals surface area contributed by atoms with Gasteiger partial charge in [0, 0.05) is 12.1 Å². The van der Waals surface area contributed by atoms with Gasteiger partial charge in [-0.3, -0.25) is 4.79 Å². The lowest BCUT2D eigenvalue weighted by molar-refractivity contribution is 0.0417. The molecule has 1 amide bonds. The van der Waals surface area contributed by atoms with Crippen molar-refractivity contribution in [2.75, 3.05) is 27.2 Å². The van der Waals surface area contributed by atoms with E-state index in [1.807, 2.05) is 62.3 Å². The van der Waals surface area contributed by atoms with Crippen molar-refractivity contribution in [2.24, 2.45) is 0 Å². The second-order valence-corrected chi connectivity index (χ2v) is 8.17. The molecule has 1 aromatic heterocycles. The molecule has 1 saturated heterocycles. The Morgan fingerprint density at radius 2 is 1.97 bits per heavy atom. The minimum Gasteiger partial charge on any atom is -0.383 e. The third-order valence-electron chi connectivity index (χ3n) is 5.45. The van der Waals surface area contributed by atoms with Crippen LogP contribution >= 0.6 is 0 Å². The summed E-state index contributed by atoms with van der Waals surface area (Å²) in [5.74, 6) is 0.585. The SMILES string of the molecule is Cc1ccc([C@@]2(O)CCN(C(=O)c3cccc(-n4nnnc4CN(C)C)c3)C2)cc1. The van der Waals surface area contributed by atoms with E-state index in [1.165, 1.54) is 0 Å². The predicted molar refractivity (Wildman–Crippen MR) is 112 cm³/mol. The molecule has 3 aromatic rings. The van der Waals surface area contributed by atoms with Gasteiger partial charge < -0.3 is 14.9 Å². The number of rotatable bonds is 5. The molecule has 8 heteroatoms. The number of aromatic nitrogens is 4. The van der Waals surface area contributed by atoms with Gasteiger partial charge in [-0.2, -0.15) is 4.68 Å². The summed E-state index contributed by atoms with van der Waals surface area (Å²) in [7, 11) is 3.89. The zero-order valence-electron chi connectivity index (χ0n) is 17.5. The molecule has 0 spiro atoms. The highest BCUT2D eigenvalue weighted by Gasteiger charge is 2.39. The van der Waals surface area contributed by atoms with Gasteiger partial charge in [-0.1, -0.05) is 35.9 Å². The summed E-state index contributed by atoms with van der Waals surface area (Å²) in [5.41, 5.74) is 2.25. The van der Waals surface area contributed by atoms with Crippen LogP contribution in [0.25, 0.3) is 5.69 Å². The summed E-state index contributed by atoms with van der Waals surface area (Å²) in [6, 6.07) is 15.1. The molecule has 1 aliphatic heterocycles. The third kappa shape index (κ3) is 3.96. The van der Waals surface area contributed by atoms with Crippen molar-refractivity contribution in [3.63, 3.8) is 0 Å². The van der Waals surface area contributed by atoms with Crippen LogP contribution in [0.2, 0.25) is 0 Å². The Morgan fingerprint density at radius 3 is 2.70 bits per heavy atom. The molecule has 2 aromatic carbocycles. The number of hydrogen-bond donors (Lipinski definition) is 1. The van der Waals surface area contributed by atoms with Crippen LogP contribution in [0.15, 0.2) is 48.5 Å². The zero-order valence-corrected chi connectivity index (χ0v) is 17.5. The molecule has 1 atom stereocenters. The van der Waals surface area contributed by atoms with E-state index in [4.69, 9.17) is 0 Å². The number of hydrogen-bond acceptors (Lipinski definition) is 6. The highest BCUT2D eigenvalue weighted by Crippen LogP contribution is 2.33.